The zero-order valence-electron chi connectivity index (χ0n) is 8.87. The van der Waals surface area contributed by atoms with Crippen molar-refractivity contribution in [2.24, 2.45) is 0 Å². The van der Waals surface area contributed by atoms with Gasteiger partial charge < -0.3 is 5.11 Å². The summed E-state index contributed by atoms with van der Waals surface area (Å²) in [7, 11) is 0. The normalized spacial score (nSPS) is 19.5. The van der Waals surface area contributed by atoms with E-state index in [1.54, 1.807) is 0 Å². The molecule has 0 spiro atoms. The van der Waals surface area contributed by atoms with Crippen LogP contribution in [0.4, 0.5) is 0 Å². The van der Waals surface area contributed by atoms with Crippen molar-refractivity contribution in [2.75, 3.05) is 0 Å². The van der Waals surface area contributed by atoms with E-state index in [1.807, 2.05) is 24.3 Å². The summed E-state index contributed by atoms with van der Waals surface area (Å²) in [5, 5.41) is 10.5. The van der Waals surface area contributed by atoms with Gasteiger partial charge in [-0.15, -0.1) is 6.42 Å². The molecule has 1 heteroatoms. The first-order valence-electron chi connectivity index (χ1n) is 5.54. The molecule has 1 aromatic rings. The number of benzene rings is 1. The van der Waals surface area contributed by atoms with Gasteiger partial charge in [0.15, 0.2) is 0 Å². The minimum atomic E-state index is -0.606. The number of terminal acetylenes is 1. The van der Waals surface area contributed by atoms with E-state index in [2.05, 4.69) is 5.92 Å². The zero-order valence-corrected chi connectivity index (χ0v) is 8.87. The lowest BCUT2D eigenvalue weighted by Gasteiger charge is -2.32. The van der Waals surface area contributed by atoms with Gasteiger partial charge in [0, 0.05) is 5.56 Å². The molecular weight excluding hydrogens is 184 g/mol. The Morgan fingerprint density at radius 1 is 1.07 bits per heavy atom. The number of rotatable bonds is 1. The van der Waals surface area contributed by atoms with Gasteiger partial charge in [0.1, 0.15) is 0 Å². The molecule has 1 aromatic carbocycles. The third-order valence-electron chi connectivity index (χ3n) is 3.27. The average Bonchev–Trinajstić information content (AvgIpc) is 2.30. The second-order valence-corrected chi connectivity index (χ2v) is 4.31. The Labute approximate surface area is 91.1 Å². The fourth-order valence-electron chi connectivity index (χ4n) is 2.30. The molecule has 0 unspecified atom stereocenters. The highest BCUT2D eigenvalue weighted by Gasteiger charge is 2.30. The molecule has 1 nitrogen and oxygen atoms in total. The number of aliphatic hydroxyl groups is 1. The molecule has 1 saturated carbocycles. The van der Waals surface area contributed by atoms with E-state index in [9.17, 15) is 5.11 Å². The Kier molecular flexibility index (Phi) is 2.79. The summed E-state index contributed by atoms with van der Waals surface area (Å²) in [4.78, 5) is 0. The lowest BCUT2D eigenvalue weighted by Crippen LogP contribution is -2.28. The molecule has 0 amide bonds. The van der Waals surface area contributed by atoms with Crippen LogP contribution in [0.15, 0.2) is 24.3 Å². The summed E-state index contributed by atoms with van der Waals surface area (Å²) in [6, 6.07) is 7.73. The average molecular weight is 200 g/mol. The van der Waals surface area contributed by atoms with Gasteiger partial charge in [-0.05, 0) is 30.5 Å². The van der Waals surface area contributed by atoms with Gasteiger partial charge in [-0.2, -0.15) is 0 Å². The van der Waals surface area contributed by atoms with E-state index < -0.39 is 5.60 Å². The first-order chi connectivity index (χ1) is 7.24. The maximum atomic E-state index is 10.5. The summed E-state index contributed by atoms with van der Waals surface area (Å²) in [6.45, 7) is 0. The molecule has 2 rings (SSSR count). The number of hydrogen-bond donors (Lipinski definition) is 1. The standard InChI is InChI=1S/C14H16O/c1-2-12-6-8-13(9-7-12)14(15)10-4-3-5-11-14/h1,6-9,15H,3-5,10-11H2. The summed E-state index contributed by atoms with van der Waals surface area (Å²) in [6.07, 6.45) is 10.5. The second kappa shape index (κ2) is 4.08. The second-order valence-electron chi connectivity index (χ2n) is 4.31. The SMILES string of the molecule is C#Cc1ccc(C2(O)CCCCC2)cc1. The molecule has 0 aromatic heterocycles. The Morgan fingerprint density at radius 3 is 2.20 bits per heavy atom. The zero-order chi connectivity index (χ0) is 10.7. The largest absolute Gasteiger partial charge is 0.385 e. The van der Waals surface area contributed by atoms with Crippen molar-refractivity contribution in [1.29, 1.82) is 0 Å². The van der Waals surface area contributed by atoms with E-state index >= 15 is 0 Å². The first kappa shape index (κ1) is 10.3. The lowest BCUT2D eigenvalue weighted by atomic mass is 9.79. The molecule has 0 heterocycles. The summed E-state index contributed by atoms with van der Waals surface area (Å²) in [5.74, 6) is 2.59. The van der Waals surface area contributed by atoms with E-state index in [0.717, 1.165) is 36.8 Å². The molecular formula is C14H16O. The van der Waals surface area contributed by atoms with Crippen LogP contribution in [0.2, 0.25) is 0 Å². The molecule has 0 radical (unpaired) electrons. The van der Waals surface area contributed by atoms with E-state index in [-0.39, 0.29) is 0 Å². The first-order valence-corrected chi connectivity index (χ1v) is 5.54. The molecule has 1 aliphatic rings. The maximum absolute atomic E-state index is 10.5. The summed E-state index contributed by atoms with van der Waals surface area (Å²) >= 11 is 0. The molecule has 1 fully saturated rings. The Balaban J connectivity index is 2.24. The summed E-state index contributed by atoms with van der Waals surface area (Å²) in [5.41, 5.74) is 1.28. The molecule has 1 N–H and O–H groups in total. The predicted octanol–water partition coefficient (Wildman–Crippen LogP) is 2.82. The van der Waals surface area contributed by atoms with E-state index in [0.29, 0.717) is 0 Å². The fourth-order valence-corrected chi connectivity index (χ4v) is 2.30. The van der Waals surface area contributed by atoms with Crippen molar-refractivity contribution >= 4 is 0 Å². The predicted molar refractivity (Wildman–Crippen MR) is 61.4 cm³/mol. The Hall–Kier alpha value is -1.26. The van der Waals surface area contributed by atoms with Crippen LogP contribution in [-0.4, -0.2) is 5.11 Å². The van der Waals surface area contributed by atoms with E-state index in [4.69, 9.17) is 6.42 Å². The van der Waals surface area contributed by atoms with Crippen LogP contribution in [0.5, 0.6) is 0 Å². The molecule has 1 aliphatic carbocycles. The van der Waals surface area contributed by atoms with Crippen LogP contribution in [0.25, 0.3) is 0 Å². The molecule has 15 heavy (non-hydrogen) atoms. The third kappa shape index (κ3) is 2.06. The monoisotopic (exact) mass is 200 g/mol. The minimum Gasteiger partial charge on any atom is -0.385 e. The van der Waals surface area contributed by atoms with Crippen LogP contribution in [-0.2, 0) is 5.60 Å². The highest BCUT2D eigenvalue weighted by atomic mass is 16.3. The van der Waals surface area contributed by atoms with Crippen molar-refractivity contribution in [3.8, 4) is 12.3 Å². The molecule has 0 bridgehead atoms. The minimum absolute atomic E-state index is 0.606. The highest BCUT2D eigenvalue weighted by Crippen LogP contribution is 2.36. The van der Waals surface area contributed by atoms with Gasteiger partial charge in [0.25, 0.3) is 0 Å². The van der Waals surface area contributed by atoms with Crippen molar-refractivity contribution in [3.05, 3.63) is 35.4 Å². The van der Waals surface area contributed by atoms with Crippen molar-refractivity contribution in [1.82, 2.24) is 0 Å². The Morgan fingerprint density at radius 2 is 1.67 bits per heavy atom. The topological polar surface area (TPSA) is 20.2 Å². The van der Waals surface area contributed by atoms with Gasteiger partial charge in [-0.3, -0.25) is 0 Å². The number of hydrogen-bond acceptors (Lipinski definition) is 1. The molecule has 0 aliphatic heterocycles. The smallest absolute Gasteiger partial charge is 0.0896 e. The van der Waals surface area contributed by atoms with Crippen LogP contribution in [0, 0.1) is 12.3 Å². The van der Waals surface area contributed by atoms with Gasteiger partial charge in [0.05, 0.1) is 5.60 Å². The van der Waals surface area contributed by atoms with Crippen molar-refractivity contribution in [3.63, 3.8) is 0 Å². The van der Waals surface area contributed by atoms with Crippen LogP contribution >= 0.6 is 0 Å². The Bertz CT molecular complexity index is 363. The lowest BCUT2D eigenvalue weighted by molar-refractivity contribution is -0.000625. The van der Waals surface area contributed by atoms with Gasteiger partial charge >= 0.3 is 0 Å². The van der Waals surface area contributed by atoms with Gasteiger partial charge in [-0.1, -0.05) is 37.3 Å². The highest BCUT2D eigenvalue weighted by molar-refractivity contribution is 5.36. The fraction of sp³-hybridized carbons (Fsp3) is 0.429. The van der Waals surface area contributed by atoms with Crippen LogP contribution < -0.4 is 0 Å². The molecule has 0 saturated heterocycles. The van der Waals surface area contributed by atoms with Gasteiger partial charge in [-0.25, -0.2) is 0 Å². The van der Waals surface area contributed by atoms with Crippen LogP contribution in [0.3, 0.4) is 0 Å². The molecule has 78 valence electrons. The van der Waals surface area contributed by atoms with Crippen LogP contribution in [0.1, 0.15) is 43.2 Å². The molecule has 0 atom stereocenters. The van der Waals surface area contributed by atoms with Crippen molar-refractivity contribution < 1.29 is 5.11 Å². The maximum Gasteiger partial charge on any atom is 0.0896 e. The van der Waals surface area contributed by atoms with E-state index in [1.165, 1.54) is 6.42 Å². The summed E-state index contributed by atoms with van der Waals surface area (Å²) < 4.78 is 0. The van der Waals surface area contributed by atoms with Gasteiger partial charge in [0.2, 0.25) is 0 Å². The third-order valence-corrected chi connectivity index (χ3v) is 3.27. The van der Waals surface area contributed by atoms with Crippen molar-refractivity contribution in [2.45, 2.75) is 37.7 Å². The quantitative estimate of drug-likeness (QED) is 0.691.